The lowest BCUT2D eigenvalue weighted by Crippen LogP contribution is -2.72. The van der Waals surface area contributed by atoms with Crippen LogP contribution in [0.4, 0.5) is 4.79 Å². The van der Waals surface area contributed by atoms with Gasteiger partial charge in [-0.05, 0) is 46.3 Å². The molecule has 0 aromatic heterocycles. The van der Waals surface area contributed by atoms with Crippen LogP contribution >= 0.6 is 11.8 Å². The molecular formula is C15H29NO4S. The van der Waals surface area contributed by atoms with Crippen LogP contribution in [0.5, 0.6) is 0 Å². The Bertz CT molecular complexity index is 407. The first kappa shape index (κ1) is 20.1. The minimum Gasteiger partial charge on any atom is -0.479 e. The van der Waals surface area contributed by atoms with Crippen molar-refractivity contribution in [2.24, 2.45) is 5.41 Å². The summed E-state index contributed by atoms with van der Waals surface area (Å²) in [5.41, 5.74) is -2.86. The molecule has 0 aromatic rings. The van der Waals surface area contributed by atoms with Crippen LogP contribution in [-0.4, -0.2) is 39.3 Å². The third-order valence-electron chi connectivity index (χ3n) is 3.55. The minimum atomic E-state index is -1.47. The molecule has 0 aromatic carbocycles. The Balaban J connectivity index is 5.85. The molecule has 124 valence electrons. The van der Waals surface area contributed by atoms with Crippen molar-refractivity contribution in [1.29, 1.82) is 0 Å². The summed E-state index contributed by atoms with van der Waals surface area (Å²) in [7, 11) is 0. The van der Waals surface area contributed by atoms with E-state index in [2.05, 4.69) is 5.32 Å². The SMILES string of the molecule is CSC(C)(C)[C@@](NC(=O)OC(C)(C)C)(C(=O)O)C(C)(C)C. The highest BCUT2D eigenvalue weighted by Gasteiger charge is 2.60. The van der Waals surface area contributed by atoms with E-state index in [0.717, 1.165) is 0 Å². The number of aliphatic carboxylic acids is 1. The average Bonchev–Trinajstić information content (AvgIpc) is 2.20. The van der Waals surface area contributed by atoms with Gasteiger partial charge in [0, 0.05) is 4.75 Å². The van der Waals surface area contributed by atoms with Gasteiger partial charge < -0.3 is 15.2 Å². The van der Waals surface area contributed by atoms with Crippen LogP contribution in [0.3, 0.4) is 0 Å². The van der Waals surface area contributed by atoms with Crippen molar-refractivity contribution in [1.82, 2.24) is 5.32 Å². The lowest BCUT2D eigenvalue weighted by molar-refractivity contribution is -0.151. The molecule has 6 heteroatoms. The van der Waals surface area contributed by atoms with E-state index in [-0.39, 0.29) is 0 Å². The Morgan fingerprint density at radius 1 is 1.00 bits per heavy atom. The zero-order chi connectivity index (χ0) is 17.3. The van der Waals surface area contributed by atoms with E-state index < -0.39 is 33.4 Å². The third kappa shape index (κ3) is 4.28. The molecule has 21 heavy (non-hydrogen) atoms. The summed E-state index contributed by atoms with van der Waals surface area (Å²) >= 11 is 1.40. The van der Waals surface area contributed by atoms with Crippen LogP contribution in [-0.2, 0) is 9.53 Å². The molecule has 0 aliphatic rings. The molecule has 0 bridgehead atoms. The summed E-state index contributed by atoms with van der Waals surface area (Å²) < 4.78 is 4.53. The van der Waals surface area contributed by atoms with E-state index in [4.69, 9.17) is 4.74 Å². The number of carbonyl (C=O) groups excluding carboxylic acids is 1. The van der Waals surface area contributed by atoms with Crippen molar-refractivity contribution in [2.75, 3.05) is 6.26 Å². The lowest BCUT2D eigenvalue weighted by Gasteiger charge is -2.50. The maximum Gasteiger partial charge on any atom is 0.408 e. The van der Waals surface area contributed by atoms with Gasteiger partial charge in [-0.1, -0.05) is 20.8 Å². The van der Waals surface area contributed by atoms with E-state index >= 15 is 0 Å². The van der Waals surface area contributed by atoms with Gasteiger partial charge in [0.05, 0.1) is 0 Å². The van der Waals surface area contributed by atoms with Crippen LogP contribution in [0.25, 0.3) is 0 Å². The van der Waals surface area contributed by atoms with Gasteiger partial charge in [0.25, 0.3) is 0 Å². The number of hydrogen-bond acceptors (Lipinski definition) is 4. The zero-order valence-corrected chi connectivity index (χ0v) is 15.4. The Morgan fingerprint density at radius 2 is 1.43 bits per heavy atom. The predicted octanol–water partition coefficient (Wildman–Crippen LogP) is 3.52. The molecule has 1 amide bonds. The fourth-order valence-corrected chi connectivity index (χ4v) is 3.23. The van der Waals surface area contributed by atoms with Crippen LogP contribution in [0.1, 0.15) is 55.4 Å². The quantitative estimate of drug-likeness (QED) is 0.829. The first-order valence-electron chi connectivity index (χ1n) is 6.90. The molecule has 0 radical (unpaired) electrons. The smallest absolute Gasteiger partial charge is 0.408 e. The van der Waals surface area contributed by atoms with Crippen molar-refractivity contribution in [3.63, 3.8) is 0 Å². The molecule has 0 spiro atoms. The molecule has 0 aliphatic carbocycles. The Morgan fingerprint density at radius 3 is 1.67 bits per heavy atom. The highest BCUT2D eigenvalue weighted by molar-refractivity contribution is 8.00. The summed E-state index contributed by atoms with van der Waals surface area (Å²) in [6.07, 6.45) is 1.11. The maximum absolute atomic E-state index is 12.2. The van der Waals surface area contributed by atoms with E-state index in [1.54, 1.807) is 41.5 Å². The van der Waals surface area contributed by atoms with Crippen molar-refractivity contribution in [3.05, 3.63) is 0 Å². The number of ether oxygens (including phenoxy) is 1. The molecule has 5 nitrogen and oxygen atoms in total. The van der Waals surface area contributed by atoms with Crippen molar-refractivity contribution in [2.45, 2.75) is 71.3 Å². The van der Waals surface area contributed by atoms with Gasteiger partial charge in [-0.25, -0.2) is 9.59 Å². The van der Waals surface area contributed by atoms with Gasteiger partial charge in [-0.2, -0.15) is 11.8 Å². The highest BCUT2D eigenvalue weighted by Crippen LogP contribution is 2.45. The van der Waals surface area contributed by atoms with Gasteiger partial charge in [-0.3, -0.25) is 0 Å². The topological polar surface area (TPSA) is 75.6 Å². The maximum atomic E-state index is 12.2. The molecule has 0 rings (SSSR count). The van der Waals surface area contributed by atoms with Crippen LogP contribution in [0.15, 0.2) is 0 Å². The minimum absolute atomic E-state index is 0.685. The standard InChI is InChI=1S/C15H29NO4S/c1-12(2,3)15(10(17)18,14(7,8)21-9)16-11(19)20-13(4,5)6/h1-9H3,(H,16,19)(H,17,18)/t15-/m1/s1. The predicted molar refractivity (Wildman–Crippen MR) is 86.8 cm³/mol. The summed E-state index contributed by atoms with van der Waals surface area (Å²) in [4.78, 5) is 24.3. The van der Waals surface area contributed by atoms with Crippen LogP contribution < -0.4 is 5.32 Å². The van der Waals surface area contributed by atoms with E-state index in [1.807, 2.05) is 20.1 Å². The van der Waals surface area contributed by atoms with Gasteiger partial charge >= 0.3 is 12.1 Å². The molecule has 0 fully saturated rings. The van der Waals surface area contributed by atoms with Crippen LogP contribution in [0, 0.1) is 5.41 Å². The monoisotopic (exact) mass is 319 g/mol. The van der Waals surface area contributed by atoms with E-state index in [0.29, 0.717) is 0 Å². The number of amides is 1. The largest absolute Gasteiger partial charge is 0.479 e. The molecule has 0 aliphatic heterocycles. The number of carboxylic acids is 1. The molecule has 0 heterocycles. The van der Waals surface area contributed by atoms with E-state index in [9.17, 15) is 14.7 Å². The van der Waals surface area contributed by atoms with Crippen LogP contribution in [0.2, 0.25) is 0 Å². The Kier molecular flexibility index (Phi) is 5.80. The molecule has 0 unspecified atom stereocenters. The summed E-state index contributed by atoms with van der Waals surface area (Å²) in [6.45, 7) is 14.3. The Labute approximate surface area is 132 Å². The highest BCUT2D eigenvalue weighted by atomic mass is 32.2. The fourth-order valence-electron chi connectivity index (χ4n) is 2.48. The number of hydrogen-bond donors (Lipinski definition) is 2. The van der Waals surface area contributed by atoms with Crippen molar-refractivity contribution < 1.29 is 19.4 Å². The van der Waals surface area contributed by atoms with Crippen molar-refractivity contribution >= 4 is 23.8 Å². The normalized spacial score (nSPS) is 16.0. The lowest BCUT2D eigenvalue weighted by atomic mass is 9.66. The molecular weight excluding hydrogens is 290 g/mol. The second kappa shape index (κ2) is 6.07. The number of carboxylic acid groups (broad SMARTS) is 1. The molecule has 0 saturated carbocycles. The number of rotatable bonds is 4. The number of thioether (sulfide) groups is 1. The number of nitrogens with one attached hydrogen (secondary N) is 1. The van der Waals surface area contributed by atoms with Gasteiger partial charge in [0.1, 0.15) is 5.60 Å². The Hall–Kier alpha value is -0.910. The summed E-state index contributed by atoms with van der Waals surface area (Å²) in [5, 5.41) is 12.5. The second-order valence-corrected chi connectivity index (χ2v) is 9.08. The van der Waals surface area contributed by atoms with Crippen molar-refractivity contribution in [3.8, 4) is 0 Å². The number of carbonyl (C=O) groups is 2. The molecule has 1 atom stereocenters. The molecule has 2 N–H and O–H groups in total. The van der Waals surface area contributed by atoms with Gasteiger partial charge in [0.2, 0.25) is 0 Å². The second-order valence-electron chi connectivity index (χ2n) is 7.65. The average molecular weight is 319 g/mol. The zero-order valence-electron chi connectivity index (χ0n) is 14.6. The summed E-state index contributed by atoms with van der Waals surface area (Å²) in [5.74, 6) is -1.07. The fraction of sp³-hybridized carbons (Fsp3) is 0.867. The first-order valence-corrected chi connectivity index (χ1v) is 8.13. The molecule has 0 saturated heterocycles. The van der Waals surface area contributed by atoms with E-state index in [1.165, 1.54) is 11.8 Å². The van der Waals surface area contributed by atoms with Gasteiger partial charge in [0.15, 0.2) is 5.54 Å². The first-order chi connectivity index (χ1) is 9.10. The van der Waals surface area contributed by atoms with Gasteiger partial charge in [-0.15, -0.1) is 0 Å². The summed E-state index contributed by atoms with van der Waals surface area (Å²) in [6, 6.07) is 0. The number of alkyl carbamates (subject to hydrolysis) is 1. The third-order valence-corrected chi connectivity index (χ3v) is 4.87.